The zero-order valence-electron chi connectivity index (χ0n) is 15.6. The lowest BCUT2D eigenvalue weighted by Crippen LogP contribution is -2.01. The minimum absolute atomic E-state index is 0.285. The number of nitrogens with zero attached hydrogens (tertiary/aromatic N) is 3. The number of anilines is 2. The summed E-state index contributed by atoms with van der Waals surface area (Å²) in [4.78, 5) is 9.01. The Bertz CT molecular complexity index is 1140. The predicted octanol–water partition coefficient (Wildman–Crippen LogP) is 4.23. The Labute approximate surface area is 160 Å². The zero-order chi connectivity index (χ0) is 19.7. The maximum absolute atomic E-state index is 14.4. The molecule has 0 aliphatic carbocycles. The summed E-state index contributed by atoms with van der Waals surface area (Å²) >= 11 is 0. The van der Waals surface area contributed by atoms with Crippen LogP contribution in [0, 0.1) is 12.7 Å². The third-order valence-corrected chi connectivity index (χ3v) is 4.39. The van der Waals surface area contributed by atoms with Crippen molar-refractivity contribution < 1.29 is 13.9 Å². The van der Waals surface area contributed by atoms with E-state index in [9.17, 15) is 4.39 Å². The molecular weight excluding hydrogens is 361 g/mol. The molecule has 0 unspecified atom stereocenters. The molecule has 2 aromatic carbocycles. The fourth-order valence-electron chi connectivity index (χ4n) is 3.01. The maximum atomic E-state index is 14.4. The summed E-state index contributed by atoms with van der Waals surface area (Å²) in [6.07, 6.45) is 1.58. The van der Waals surface area contributed by atoms with E-state index in [-0.39, 0.29) is 11.6 Å². The van der Waals surface area contributed by atoms with Crippen LogP contribution in [0.1, 0.15) is 5.56 Å². The smallest absolute Gasteiger partial charge is 0.165 e. The molecule has 2 N–H and O–H groups in total. The lowest BCUT2D eigenvalue weighted by molar-refractivity contribution is 0.355. The number of hydrogen-bond acceptors (Lipinski definition) is 6. The first-order valence-electron chi connectivity index (χ1n) is 8.56. The Morgan fingerprint density at radius 2 is 1.86 bits per heavy atom. The van der Waals surface area contributed by atoms with E-state index < -0.39 is 0 Å². The van der Waals surface area contributed by atoms with Crippen LogP contribution < -0.4 is 14.8 Å². The first-order valence-corrected chi connectivity index (χ1v) is 8.56. The van der Waals surface area contributed by atoms with Crippen molar-refractivity contribution in [3.8, 4) is 22.9 Å². The molecule has 0 radical (unpaired) electrons. The molecule has 28 heavy (non-hydrogen) atoms. The van der Waals surface area contributed by atoms with Crippen molar-refractivity contribution >= 4 is 22.5 Å². The number of aromatic amines is 1. The fourth-order valence-corrected chi connectivity index (χ4v) is 3.01. The third kappa shape index (κ3) is 3.09. The Hall–Kier alpha value is -3.68. The number of rotatable bonds is 5. The van der Waals surface area contributed by atoms with E-state index >= 15 is 0 Å². The van der Waals surface area contributed by atoms with E-state index in [1.54, 1.807) is 38.6 Å². The largest absolute Gasteiger partial charge is 0.493 e. The molecule has 0 saturated carbocycles. The Morgan fingerprint density at radius 3 is 2.61 bits per heavy atom. The van der Waals surface area contributed by atoms with Crippen molar-refractivity contribution in [1.29, 1.82) is 0 Å². The molecule has 0 bridgehead atoms. The summed E-state index contributed by atoms with van der Waals surface area (Å²) in [6, 6.07) is 10.3. The summed E-state index contributed by atoms with van der Waals surface area (Å²) < 4.78 is 25.1. The lowest BCUT2D eigenvalue weighted by Gasteiger charge is -2.13. The molecule has 0 fully saturated rings. The van der Waals surface area contributed by atoms with Gasteiger partial charge in [-0.1, -0.05) is 12.1 Å². The highest BCUT2D eigenvalue weighted by Crippen LogP contribution is 2.33. The molecule has 2 heterocycles. The Morgan fingerprint density at radius 1 is 1.04 bits per heavy atom. The maximum Gasteiger partial charge on any atom is 0.165 e. The monoisotopic (exact) mass is 379 g/mol. The number of nitrogens with one attached hydrogen (secondary N) is 2. The van der Waals surface area contributed by atoms with Gasteiger partial charge in [0.2, 0.25) is 0 Å². The van der Waals surface area contributed by atoms with Crippen molar-refractivity contribution in [2.45, 2.75) is 6.92 Å². The predicted molar refractivity (Wildman–Crippen MR) is 105 cm³/mol. The minimum atomic E-state index is -0.375. The molecule has 7 nitrogen and oxygen atoms in total. The van der Waals surface area contributed by atoms with Crippen LogP contribution >= 0.6 is 0 Å². The quantitative estimate of drug-likeness (QED) is 0.540. The van der Waals surface area contributed by atoms with Gasteiger partial charge in [-0.05, 0) is 30.7 Å². The van der Waals surface area contributed by atoms with Crippen LogP contribution in [0.2, 0.25) is 0 Å². The Kier molecular flexibility index (Phi) is 4.52. The van der Waals surface area contributed by atoms with Gasteiger partial charge in [0.15, 0.2) is 23.1 Å². The van der Waals surface area contributed by atoms with Gasteiger partial charge in [0, 0.05) is 11.8 Å². The summed E-state index contributed by atoms with van der Waals surface area (Å²) in [5.41, 5.74) is 3.03. The number of ether oxygens (including phenoxy) is 2. The van der Waals surface area contributed by atoms with E-state index in [2.05, 4.69) is 25.5 Å². The SMILES string of the molecule is COc1ccc(Nc2nc(-c3c(C)cccc3F)nc3cn[nH]c23)cc1OC. The molecule has 0 amide bonds. The van der Waals surface area contributed by atoms with Gasteiger partial charge in [-0.3, -0.25) is 5.10 Å². The zero-order valence-corrected chi connectivity index (χ0v) is 15.6. The van der Waals surface area contributed by atoms with Crippen molar-refractivity contribution in [3.05, 3.63) is 54.0 Å². The molecular formula is C20H18FN5O2. The number of halogens is 1. The number of benzene rings is 2. The molecule has 0 spiro atoms. The van der Waals surface area contributed by atoms with Gasteiger partial charge < -0.3 is 14.8 Å². The van der Waals surface area contributed by atoms with Gasteiger partial charge in [-0.2, -0.15) is 5.10 Å². The second kappa shape index (κ2) is 7.15. The summed E-state index contributed by atoms with van der Waals surface area (Å²) in [6.45, 7) is 1.82. The molecule has 8 heteroatoms. The molecule has 4 rings (SSSR count). The molecule has 142 valence electrons. The second-order valence-corrected chi connectivity index (χ2v) is 6.15. The van der Waals surface area contributed by atoms with Crippen molar-refractivity contribution in [2.24, 2.45) is 0 Å². The van der Waals surface area contributed by atoms with Gasteiger partial charge in [0.25, 0.3) is 0 Å². The lowest BCUT2D eigenvalue weighted by atomic mass is 10.1. The Balaban J connectivity index is 1.82. The van der Waals surface area contributed by atoms with Crippen molar-refractivity contribution in [2.75, 3.05) is 19.5 Å². The summed E-state index contributed by atoms with van der Waals surface area (Å²) in [7, 11) is 3.14. The number of methoxy groups -OCH3 is 2. The van der Waals surface area contributed by atoms with E-state index in [1.165, 1.54) is 6.07 Å². The second-order valence-electron chi connectivity index (χ2n) is 6.15. The van der Waals surface area contributed by atoms with E-state index in [0.717, 1.165) is 11.3 Å². The van der Waals surface area contributed by atoms with E-state index in [1.807, 2.05) is 19.1 Å². The number of aromatic nitrogens is 4. The summed E-state index contributed by atoms with van der Waals surface area (Å²) in [5.74, 6) is 1.58. The molecule has 0 saturated heterocycles. The minimum Gasteiger partial charge on any atom is -0.493 e. The van der Waals surface area contributed by atoms with Crippen LogP contribution in [0.15, 0.2) is 42.6 Å². The van der Waals surface area contributed by atoms with Crippen molar-refractivity contribution in [1.82, 2.24) is 20.2 Å². The number of H-pyrrole nitrogens is 1. The third-order valence-electron chi connectivity index (χ3n) is 4.39. The van der Waals surface area contributed by atoms with Crippen LogP contribution in [-0.4, -0.2) is 34.4 Å². The average Bonchev–Trinajstić information content (AvgIpc) is 3.17. The first-order chi connectivity index (χ1) is 13.6. The molecule has 0 aliphatic rings. The standard InChI is InChI=1S/C20H18FN5O2/c1-11-5-4-6-13(21)17(11)19-24-14-10-22-26-18(14)20(25-19)23-12-7-8-15(27-2)16(9-12)28-3/h4-10H,1-3H3,(H,22,26)(H,23,24,25). The van der Waals surface area contributed by atoms with Crippen LogP contribution in [-0.2, 0) is 0 Å². The van der Waals surface area contributed by atoms with Crippen LogP contribution in [0.4, 0.5) is 15.9 Å². The first kappa shape index (κ1) is 17.7. The van der Waals surface area contributed by atoms with Crippen LogP contribution in [0.5, 0.6) is 11.5 Å². The van der Waals surface area contributed by atoms with Crippen LogP contribution in [0.25, 0.3) is 22.4 Å². The van der Waals surface area contributed by atoms with Gasteiger partial charge in [0.1, 0.15) is 16.9 Å². The van der Waals surface area contributed by atoms with Gasteiger partial charge in [-0.15, -0.1) is 0 Å². The molecule has 0 atom stereocenters. The topological polar surface area (TPSA) is 85.0 Å². The van der Waals surface area contributed by atoms with Gasteiger partial charge in [0.05, 0.1) is 26.0 Å². The number of hydrogen-bond donors (Lipinski definition) is 2. The normalized spacial score (nSPS) is 10.9. The fraction of sp³-hybridized carbons (Fsp3) is 0.150. The average molecular weight is 379 g/mol. The van der Waals surface area contributed by atoms with E-state index in [0.29, 0.717) is 33.9 Å². The molecule has 4 aromatic rings. The highest BCUT2D eigenvalue weighted by atomic mass is 19.1. The van der Waals surface area contributed by atoms with Gasteiger partial charge >= 0.3 is 0 Å². The highest BCUT2D eigenvalue weighted by Gasteiger charge is 2.16. The van der Waals surface area contributed by atoms with E-state index in [4.69, 9.17) is 9.47 Å². The molecule has 2 aromatic heterocycles. The van der Waals surface area contributed by atoms with Gasteiger partial charge in [-0.25, -0.2) is 14.4 Å². The molecule has 0 aliphatic heterocycles. The number of fused-ring (bicyclic) bond motifs is 1. The van der Waals surface area contributed by atoms with Crippen molar-refractivity contribution in [3.63, 3.8) is 0 Å². The highest BCUT2D eigenvalue weighted by molar-refractivity contribution is 5.89. The van der Waals surface area contributed by atoms with Crippen LogP contribution in [0.3, 0.4) is 0 Å². The summed E-state index contributed by atoms with van der Waals surface area (Å²) in [5, 5.41) is 10.1. The number of aryl methyl sites for hydroxylation is 1.